The van der Waals surface area contributed by atoms with Crippen molar-refractivity contribution < 1.29 is 4.74 Å². The van der Waals surface area contributed by atoms with Crippen molar-refractivity contribution in [3.8, 4) is 5.75 Å². The molecule has 0 aliphatic carbocycles. The minimum absolute atomic E-state index is 0.606. The minimum atomic E-state index is 0.606. The maximum absolute atomic E-state index is 5.22. The smallest absolute Gasteiger partial charge is 0.150 e. The lowest BCUT2D eigenvalue weighted by atomic mass is 10.0. The Morgan fingerprint density at radius 2 is 1.96 bits per heavy atom. The zero-order valence-corrected chi connectivity index (χ0v) is 17.5. The van der Waals surface area contributed by atoms with Gasteiger partial charge in [0.1, 0.15) is 17.9 Å². The Hall–Kier alpha value is -2.18. The van der Waals surface area contributed by atoms with Gasteiger partial charge >= 0.3 is 0 Å². The molecule has 3 heterocycles. The van der Waals surface area contributed by atoms with Crippen molar-refractivity contribution >= 4 is 27.4 Å². The van der Waals surface area contributed by atoms with Crippen LogP contribution in [0.4, 0.5) is 5.82 Å². The lowest BCUT2D eigenvalue weighted by Gasteiger charge is -2.33. The van der Waals surface area contributed by atoms with Crippen LogP contribution in [0.1, 0.15) is 30.4 Å². The van der Waals surface area contributed by atoms with Crippen molar-refractivity contribution in [2.75, 3.05) is 31.6 Å². The van der Waals surface area contributed by atoms with Crippen molar-refractivity contribution in [1.82, 2.24) is 15.3 Å². The molecule has 0 bridgehead atoms. The molecule has 1 saturated heterocycles. The second kappa shape index (κ2) is 8.88. The molecule has 2 aromatic heterocycles. The SMILES string of the molecule is COc1ccc(CCCNC2CCN(c3ncnc4c(C)csc34)CC2)cc1. The summed E-state index contributed by atoms with van der Waals surface area (Å²) in [5.41, 5.74) is 3.72. The summed E-state index contributed by atoms with van der Waals surface area (Å²) < 4.78 is 6.44. The van der Waals surface area contributed by atoms with E-state index in [4.69, 9.17) is 4.74 Å². The Labute approximate surface area is 170 Å². The molecule has 0 saturated carbocycles. The van der Waals surface area contributed by atoms with E-state index in [1.807, 2.05) is 12.1 Å². The number of hydrogen-bond donors (Lipinski definition) is 1. The largest absolute Gasteiger partial charge is 0.497 e. The number of ether oxygens (including phenoxy) is 1. The highest BCUT2D eigenvalue weighted by molar-refractivity contribution is 7.18. The van der Waals surface area contributed by atoms with E-state index in [1.165, 1.54) is 28.7 Å². The zero-order chi connectivity index (χ0) is 19.3. The third kappa shape index (κ3) is 4.28. The van der Waals surface area contributed by atoms with Crippen LogP contribution in [0.25, 0.3) is 10.2 Å². The quantitative estimate of drug-likeness (QED) is 0.607. The third-order valence-corrected chi connectivity index (χ3v) is 6.62. The average molecular weight is 397 g/mol. The number of methoxy groups -OCH3 is 1. The van der Waals surface area contributed by atoms with Gasteiger partial charge in [-0.2, -0.15) is 0 Å². The van der Waals surface area contributed by atoms with Crippen LogP contribution < -0.4 is 15.0 Å². The van der Waals surface area contributed by atoms with E-state index in [2.05, 4.69) is 44.6 Å². The van der Waals surface area contributed by atoms with Crippen LogP contribution in [0.15, 0.2) is 36.0 Å². The summed E-state index contributed by atoms with van der Waals surface area (Å²) >= 11 is 1.76. The Morgan fingerprint density at radius 1 is 1.18 bits per heavy atom. The highest BCUT2D eigenvalue weighted by Crippen LogP contribution is 2.32. The van der Waals surface area contributed by atoms with E-state index in [9.17, 15) is 0 Å². The number of aryl methyl sites for hydroxylation is 2. The van der Waals surface area contributed by atoms with Gasteiger partial charge in [-0.05, 0) is 67.8 Å². The molecule has 1 fully saturated rings. The average Bonchev–Trinajstić information content (AvgIpc) is 3.13. The van der Waals surface area contributed by atoms with Crippen molar-refractivity contribution in [1.29, 1.82) is 0 Å². The first-order chi connectivity index (χ1) is 13.7. The number of thiophene rings is 1. The first-order valence-electron chi connectivity index (χ1n) is 10.0. The molecular weight excluding hydrogens is 368 g/mol. The second-order valence-electron chi connectivity index (χ2n) is 7.46. The first kappa shape index (κ1) is 19.2. The van der Waals surface area contributed by atoms with Gasteiger partial charge in [0.25, 0.3) is 0 Å². The van der Waals surface area contributed by atoms with Crippen molar-refractivity contribution in [2.24, 2.45) is 0 Å². The fourth-order valence-corrected chi connectivity index (χ4v) is 4.89. The molecule has 6 heteroatoms. The summed E-state index contributed by atoms with van der Waals surface area (Å²) in [4.78, 5) is 11.5. The van der Waals surface area contributed by atoms with E-state index >= 15 is 0 Å². The minimum Gasteiger partial charge on any atom is -0.497 e. The molecule has 0 unspecified atom stereocenters. The summed E-state index contributed by atoms with van der Waals surface area (Å²) in [6, 6.07) is 9.00. The fourth-order valence-electron chi connectivity index (χ4n) is 3.87. The van der Waals surface area contributed by atoms with Gasteiger partial charge in [-0.25, -0.2) is 9.97 Å². The molecule has 0 atom stereocenters. The molecule has 0 spiro atoms. The van der Waals surface area contributed by atoms with Crippen LogP contribution in [0.5, 0.6) is 5.75 Å². The van der Waals surface area contributed by atoms with Crippen molar-refractivity contribution in [3.05, 3.63) is 47.1 Å². The predicted octanol–water partition coefficient (Wildman–Crippen LogP) is 4.20. The third-order valence-electron chi connectivity index (χ3n) is 5.54. The number of rotatable bonds is 7. The highest BCUT2D eigenvalue weighted by Gasteiger charge is 2.22. The monoisotopic (exact) mass is 396 g/mol. The van der Waals surface area contributed by atoms with Crippen LogP contribution >= 0.6 is 11.3 Å². The van der Waals surface area contributed by atoms with Gasteiger partial charge in [0.05, 0.1) is 17.3 Å². The first-order valence-corrected chi connectivity index (χ1v) is 10.9. The molecule has 1 aliphatic heterocycles. The summed E-state index contributed by atoms with van der Waals surface area (Å²) in [6.45, 7) is 5.30. The lowest BCUT2D eigenvalue weighted by molar-refractivity contribution is 0.411. The second-order valence-corrected chi connectivity index (χ2v) is 8.34. The van der Waals surface area contributed by atoms with Gasteiger partial charge in [0.15, 0.2) is 0 Å². The van der Waals surface area contributed by atoms with E-state index < -0.39 is 0 Å². The van der Waals surface area contributed by atoms with Crippen molar-refractivity contribution in [3.63, 3.8) is 0 Å². The maximum atomic E-state index is 5.22. The number of nitrogens with zero attached hydrogens (tertiary/aromatic N) is 3. The summed E-state index contributed by atoms with van der Waals surface area (Å²) in [7, 11) is 1.71. The molecule has 1 aromatic carbocycles. The molecule has 1 N–H and O–H groups in total. The molecule has 3 aromatic rings. The van der Waals surface area contributed by atoms with E-state index in [0.717, 1.165) is 49.6 Å². The molecule has 0 radical (unpaired) electrons. The fraction of sp³-hybridized carbons (Fsp3) is 0.455. The van der Waals surface area contributed by atoms with E-state index in [0.29, 0.717) is 6.04 Å². The Morgan fingerprint density at radius 3 is 2.71 bits per heavy atom. The number of aromatic nitrogens is 2. The van der Waals surface area contributed by atoms with Gasteiger partial charge in [0.2, 0.25) is 0 Å². The van der Waals surface area contributed by atoms with E-state index in [-0.39, 0.29) is 0 Å². The van der Waals surface area contributed by atoms with Gasteiger partial charge in [-0.3, -0.25) is 0 Å². The van der Waals surface area contributed by atoms with Crippen molar-refractivity contribution in [2.45, 2.75) is 38.6 Å². The standard InChI is InChI=1S/C22H28N4OS/c1-16-14-28-21-20(16)24-15-25-22(21)26-12-9-18(10-13-26)23-11-3-4-17-5-7-19(27-2)8-6-17/h5-8,14-15,18,23H,3-4,9-13H2,1-2H3. The molecule has 4 rings (SSSR count). The number of benzene rings is 1. The molecule has 148 valence electrons. The number of fused-ring (bicyclic) bond motifs is 1. The number of nitrogens with one attached hydrogen (secondary N) is 1. The van der Waals surface area contributed by atoms with Gasteiger partial charge in [-0.1, -0.05) is 12.1 Å². The van der Waals surface area contributed by atoms with Gasteiger partial charge < -0.3 is 15.0 Å². The van der Waals surface area contributed by atoms with Gasteiger partial charge in [-0.15, -0.1) is 11.3 Å². The summed E-state index contributed by atoms with van der Waals surface area (Å²) in [6.07, 6.45) is 6.30. The Balaban J connectivity index is 1.23. The zero-order valence-electron chi connectivity index (χ0n) is 16.6. The predicted molar refractivity (Wildman–Crippen MR) is 117 cm³/mol. The molecule has 5 nitrogen and oxygen atoms in total. The van der Waals surface area contributed by atoms with Crippen LogP contribution in [0.3, 0.4) is 0 Å². The molecule has 1 aliphatic rings. The Bertz CT molecular complexity index is 901. The molecule has 0 amide bonds. The Kier molecular flexibility index (Phi) is 6.07. The number of anilines is 1. The summed E-state index contributed by atoms with van der Waals surface area (Å²) in [5.74, 6) is 2.04. The van der Waals surface area contributed by atoms with Crippen LogP contribution in [-0.2, 0) is 6.42 Å². The highest BCUT2D eigenvalue weighted by atomic mass is 32.1. The van der Waals surface area contributed by atoms with E-state index in [1.54, 1.807) is 24.8 Å². The van der Waals surface area contributed by atoms with Crippen LogP contribution in [-0.4, -0.2) is 42.8 Å². The van der Waals surface area contributed by atoms with Crippen LogP contribution in [0.2, 0.25) is 0 Å². The van der Waals surface area contributed by atoms with Gasteiger partial charge in [0, 0.05) is 19.1 Å². The maximum Gasteiger partial charge on any atom is 0.150 e. The summed E-state index contributed by atoms with van der Waals surface area (Å²) in [5, 5.41) is 5.93. The van der Waals surface area contributed by atoms with Crippen LogP contribution in [0, 0.1) is 6.92 Å². The number of piperidine rings is 1. The normalized spacial score (nSPS) is 15.3. The molecular formula is C22H28N4OS. The lowest BCUT2D eigenvalue weighted by Crippen LogP contribution is -2.43. The number of hydrogen-bond acceptors (Lipinski definition) is 6. The topological polar surface area (TPSA) is 50.3 Å². The molecule has 28 heavy (non-hydrogen) atoms.